The van der Waals surface area contributed by atoms with Gasteiger partial charge >= 0.3 is 0 Å². The van der Waals surface area contributed by atoms with E-state index in [9.17, 15) is 13.0 Å². The van der Waals surface area contributed by atoms with Crippen LogP contribution in [-0.4, -0.2) is 13.0 Å². The number of hydrogen-bond acceptors (Lipinski definition) is 5. The highest BCUT2D eigenvalue weighted by Gasteiger charge is 2.06. The lowest BCUT2D eigenvalue weighted by Gasteiger charge is -2.11. The van der Waals surface area contributed by atoms with Gasteiger partial charge in [0.2, 0.25) is 0 Å². The molecule has 1 rings (SSSR count). The largest absolute Gasteiger partial charge is 0.744 e. The molecule has 0 unspecified atom stereocenters. The fourth-order valence-corrected chi connectivity index (χ4v) is 1.42. The van der Waals surface area contributed by atoms with E-state index in [0.29, 0.717) is 5.56 Å². The minimum absolute atomic E-state index is 0.203. The maximum atomic E-state index is 10.6. The molecule has 0 bridgehead atoms. The molecular weight excluding hydrogens is 192 g/mol. The molecule has 0 saturated heterocycles. The summed E-state index contributed by atoms with van der Waals surface area (Å²) >= 11 is 0. The van der Waals surface area contributed by atoms with Gasteiger partial charge in [-0.2, -0.15) is 0 Å². The van der Waals surface area contributed by atoms with Gasteiger partial charge in [0.1, 0.15) is 10.1 Å². The molecule has 0 fully saturated rings. The number of rotatable bonds is 1. The number of nitrogens with two attached hydrogens (primary N) is 2. The Morgan fingerprint density at radius 1 is 1.23 bits per heavy atom. The van der Waals surface area contributed by atoms with E-state index in [2.05, 4.69) is 0 Å². The third-order valence-electron chi connectivity index (χ3n) is 1.75. The molecule has 13 heavy (non-hydrogen) atoms. The second kappa shape index (κ2) is 2.90. The fourth-order valence-electron chi connectivity index (χ4n) is 0.876. The van der Waals surface area contributed by atoms with Gasteiger partial charge in [-0.1, -0.05) is 0 Å². The van der Waals surface area contributed by atoms with Crippen LogP contribution in [0.4, 0.5) is 11.4 Å². The Bertz CT molecular complexity index is 416. The molecule has 0 heterocycles. The van der Waals surface area contributed by atoms with Crippen molar-refractivity contribution in [3.8, 4) is 0 Å². The minimum Gasteiger partial charge on any atom is -0.744 e. The molecule has 0 aliphatic heterocycles. The number of nitrogen functional groups attached to an aromatic ring is 2. The SMILES string of the molecule is Cc1c(N)cc(S(=O)(=O)[O-])cc1N. The molecule has 0 amide bonds. The van der Waals surface area contributed by atoms with Gasteiger partial charge < -0.3 is 16.0 Å². The van der Waals surface area contributed by atoms with Crippen LogP contribution in [0.2, 0.25) is 0 Å². The Morgan fingerprint density at radius 2 is 1.62 bits per heavy atom. The molecule has 6 heteroatoms. The predicted molar refractivity (Wildman–Crippen MR) is 48.0 cm³/mol. The summed E-state index contributed by atoms with van der Waals surface area (Å²) in [5.41, 5.74) is 11.9. The zero-order chi connectivity index (χ0) is 10.2. The summed E-state index contributed by atoms with van der Waals surface area (Å²) in [7, 11) is -4.47. The van der Waals surface area contributed by atoms with Crippen LogP contribution in [-0.2, 0) is 10.1 Å². The Labute approximate surface area is 76.1 Å². The third kappa shape index (κ3) is 1.90. The van der Waals surface area contributed by atoms with Crippen molar-refractivity contribution in [3.05, 3.63) is 17.7 Å². The summed E-state index contributed by atoms with van der Waals surface area (Å²) in [4.78, 5) is -0.395. The smallest absolute Gasteiger partial charge is 0.124 e. The summed E-state index contributed by atoms with van der Waals surface area (Å²) in [5.74, 6) is 0. The summed E-state index contributed by atoms with van der Waals surface area (Å²) in [6, 6.07) is 2.21. The normalized spacial score (nSPS) is 11.5. The van der Waals surface area contributed by atoms with Crippen LogP contribution in [0.15, 0.2) is 17.0 Å². The maximum absolute atomic E-state index is 10.6. The van der Waals surface area contributed by atoms with Gasteiger partial charge in [-0.05, 0) is 24.6 Å². The molecule has 0 radical (unpaired) electrons. The molecule has 0 saturated carbocycles. The van der Waals surface area contributed by atoms with Gasteiger partial charge in [0.05, 0.1) is 4.90 Å². The monoisotopic (exact) mass is 201 g/mol. The van der Waals surface area contributed by atoms with Crippen LogP contribution in [0.5, 0.6) is 0 Å². The van der Waals surface area contributed by atoms with Crippen molar-refractivity contribution in [3.63, 3.8) is 0 Å². The molecular formula is C7H9N2O3S-. The lowest BCUT2D eigenvalue weighted by molar-refractivity contribution is 0.463. The van der Waals surface area contributed by atoms with Crippen molar-refractivity contribution in [2.24, 2.45) is 0 Å². The zero-order valence-electron chi connectivity index (χ0n) is 6.94. The molecule has 0 aliphatic carbocycles. The van der Waals surface area contributed by atoms with E-state index in [1.165, 1.54) is 0 Å². The summed E-state index contributed by atoms with van der Waals surface area (Å²) < 4.78 is 31.7. The van der Waals surface area contributed by atoms with Crippen LogP contribution < -0.4 is 11.5 Å². The third-order valence-corrected chi connectivity index (χ3v) is 2.56. The molecule has 0 spiro atoms. The van der Waals surface area contributed by atoms with Gasteiger partial charge in [0.25, 0.3) is 0 Å². The second-order valence-electron chi connectivity index (χ2n) is 2.68. The molecule has 0 aliphatic rings. The Balaban J connectivity index is 3.47. The molecule has 1 aromatic rings. The van der Waals surface area contributed by atoms with Gasteiger partial charge in [-0.3, -0.25) is 0 Å². The van der Waals surface area contributed by atoms with E-state index < -0.39 is 15.0 Å². The standard InChI is InChI=1S/C7H10N2O3S/c1-4-6(8)2-5(3-7(4)9)13(10,11)12/h2-3H,8-9H2,1H3,(H,10,11,12)/p-1. The van der Waals surface area contributed by atoms with E-state index in [0.717, 1.165) is 12.1 Å². The van der Waals surface area contributed by atoms with E-state index in [4.69, 9.17) is 11.5 Å². The molecule has 4 N–H and O–H groups in total. The molecule has 0 aromatic heterocycles. The van der Waals surface area contributed by atoms with E-state index in [1.54, 1.807) is 6.92 Å². The first kappa shape index (κ1) is 9.82. The van der Waals surface area contributed by atoms with Crippen molar-refractivity contribution >= 4 is 21.5 Å². The van der Waals surface area contributed by atoms with Crippen LogP contribution in [0.25, 0.3) is 0 Å². The van der Waals surface area contributed by atoms with Crippen molar-refractivity contribution in [1.82, 2.24) is 0 Å². The first-order valence-electron chi connectivity index (χ1n) is 3.44. The number of anilines is 2. The van der Waals surface area contributed by atoms with Crippen LogP contribution in [0.3, 0.4) is 0 Å². The minimum atomic E-state index is -4.47. The Hall–Kier alpha value is -1.27. The Kier molecular flexibility index (Phi) is 2.19. The van der Waals surface area contributed by atoms with Crippen LogP contribution in [0, 0.1) is 6.92 Å². The fraction of sp³-hybridized carbons (Fsp3) is 0.143. The average Bonchev–Trinajstić information content (AvgIpc) is 1.97. The molecule has 5 nitrogen and oxygen atoms in total. The van der Waals surface area contributed by atoms with E-state index >= 15 is 0 Å². The first-order valence-corrected chi connectivity index (χ1v) is 4.84. The number of benzene rings is 1. The van der Waals surface area contributed by atoms with Gasteiger partial charge in [-0.15, -0.1) is 0 Å². The van der Waals surface area contributed by atoms with Crippen LogP contribution in [0.1, 0.15) is 5.56 Å². The summed E-state index contributed by atoms with van der Waals surface area (Å²) in [6.07, 6.45) is 0. The Morgan fingerprint density at radius 3 is 1.92 bits per heavy atom. The average molecular weight is 201 g/mol. The number of hydrogen-bond donors (Lipinski definition) is 2. The van der Waals surface area contributed by atoms with Crippen molar-refractivity contribution < 1.29 is 13.0 Å². The lowest BCUT2D eigenvalue weighted by atomic mass is 10.2. The van der Waals surface area contributed by atoms with E-state index in [-0.39, 0.29) is 11.4 Å². The summed E-state index contributed by atoms with van der Waals surface area (Å²) in [6.45, 7) is 1.64. The summed E-state index contributed by atoms with van der Waals surface area (Å²) in [5, 5.41) is 0. The highest BCUT2D eigenvalue weighted by molar-refractivity contribution is 7.85. The predicted octanol–water partition coefficient (Wildman–Crippen LogP) is 0.0635. The highest BCUT2D eigenvalue weighted by atomic mass is 32.2. The maximum Gasteiger partial charge on any atom is 0.124 e. The van der Waals surface area contributed by atoms with Crippen LogP contribution >= 0.6 is 0 Å². The van der Waals surface area contributed by atoms with Crippen molar-refractivity contribution in [2.75, 3.05) is 11.5 Å². The molecule has 72 valence electrons. The van der Waals surface area contributed by atoms with Gasteiger partial charge in [0.15, 0.2) is 0 Å². The second-order valence-corrected chi connectivity index (χ2v) is 4.06. The first-order chi connectivity index (χ1) is 5.82. The quantitative estimate of drug-likeness (QED) is 0.493. The van der Waals surface area contributed by atoms with Crippen molar-refractivity contribution in [1.29, 1.82) is 0 Å². The van der Waals surface area contributed by atoms with Gasteiger partial charge in [-0.25, -0.2) is 8.42 Å². The topological polar surface area (TPSA) is 109 Å². The van der Waals surface area contributed by atoms with Crippen molar-refractivity contribution in [2.45, 2.75) is 11.8 Å². The zero-order valence-corrected chi connectivity index (χ0v) is 7.76. The highest BCUT2D eigenvalue weighted by Crippen LogP contribution is 2.23. The van der Waals surface area contributed by atoms with Gasteiger partial charge in [0, 0.05) is 11.4 Å². The molecule has 1 aromatic carbocycles. The molecule has 0 atom stereocenters. The van der Waals surface area contributed by atoms with E-state index in [1.807, 2.05) is 0 Å². The lowest BCUT2D eigenvalue weighted by Crippen LogP contribution is -2.03.